The Labute approximate surface area is 374 Å². The van der Waals surface area contributed by atoms with E-state index in [9.17, 15) is 53.7 Å². The number of aliphatic hydroxyl groups excluding tert-OH is 1. The van der Waals surface area contributed by atoms with Gasteiger partial charge in [0.2, 0.25) is 35.4 Å². The van der Waals surface area contributed by atoms with E-state index in [0.29, 0.717) is 22.2 Å². The Bertz CT molecular complexity index is 2280. The van der Waals surface area contributed by atoms with Crippen molar-refractivity contribution >= 4 is 58.3 Å². The number of rotatable bonds is 24. The van der Waals surface area contributed by atoms with Gasteiger partial charge in [-0.2, -0.15) is 0 Å². The van der Waals surface area contributed by atoms with Gasteiger partial charge in [0, 0.05) is 48.3 Å². The van der Waals surface area contributed by atoms with Gasteiger partial charge in [0.05, 0.1) is 24.9 Å². The van der Waals surface area contributed by atoms with E-state index in [2.05, 4.69) is 46.9 Å². The number of carboxylic acids is 2. The zero-order valence-electron chi connectivity index (χ0n) is 36.7. The predicted molar refractivity (Wildman–Crippen MR) is 235 cm³/mol. The third kappa shape index (κ3) is 14.7. The highest BCUT2D eigenvalue weighted by molar-refractivity contribution is 5.98. The van der Waals surface area contributed by atoms with Gasteiger partial charge in [-0.15, -0.1) is 0 Å². The lowest BCUT2D eigenvalue weighted by molar-refractivity contribution is -0.143. The molecular formula is C44H58N10O11. The van der Waals surface area contributed by atoms with Crippen LogP contribution in [0.5, 0.6) is 0 Å². The molecule has 0 radical (unpaired) electrons. The minimum Gasteiger partial charge on any atom is -0.481 e. The van der Waals surface area contributed by atoms with Crippen molar-refractivity contribution in [2.24, 2.45) is 17.6 Å². The number of aromatic amines is 2. The van der Waals surface area contributed by atoms with Gasteiger partial charge in [-0.05, 0) is 36.0 Å². The molecule has 2 aromatic carbocycles. The standard InChI is InChI=1S/C44H58N10O11/c1-22(2)35(45)42(62)51-30(15-25-11-7-6-8-12-25)38(58)49-32(17-27-20-46-21-48-27)39(59)50-33(18-34(56)57)41(61)54-37(24(5)55)43(63)52-31(40(60)53-36(23(3)4)44(64)65)16-26-19-47-29-14-10-9-13-28(26)29/h6-14,19-24,30-33,35-37,47,55H,15-18,45H2,1-5H3,(H,46,48)(H,49,58)(H,50,59)(H,51,62)(H,52,63)(H,53,60)(H,54,61)(H,56,57)(H,64,65)/t24-,30+,31+,32+,33+,35+,36+,37+/m1/s1. The Kier molecular flexibility index (Phi) is 18.3. The molecule has 2 heterocycles. The first-order valence-corrected chi connectivity index (χ1v) is 21.0. The topological polar surface area (TPSA) is 340 Å². The number of nitrogens with two attached hydrogens (primary N) is 1. The van der Waals surface area contributed by atoms with Crippen LogP contribution in [0.3, 0.4) is 0 Å². The average molecular weight is 903 g/mol. The van der Waals surface area contributed by atoms with Crippen molar-refractivity contribution in [3.63, 3.8) is 0 Å². The van der Waals surface area contributed by atoms with E-state index < -0.39 is 108 Å². The minimum atomic E-state index is -1.90. The maximum Gasteiger partial charge on any atom is 0.326 e. The number of amides is 6. The smallest absolute Gasteiger partial charge is 0.326 e. The normalized spacial score (nSPS) is 15.0. The number of carbonyl (C=O) groups excluding carboxylic acids is 6. The Morgan fingerprint density at radius 1 is 0.615 bits per heavy atom. The zero-order chi connectivity index (χ0) is 48.0. The molecule has 0 aliphatic rings. The predicted octanol–water partition coefficient (Wildman–Crippen LogP) is -0.593. The van der Waals surface area contributed by atoms with Crippen LogP contribution in [0, 0.1) is 11.8 Å². The summed E-state index contributed by atoms with van der Waals surface area (Å²) in [6.07, 6.45) is 1.23. The number of aromatic nitrogens is 3. The molecule has 65 heavy (non-hydrogen) atoms. The monoisotopic (exact) mass is 902 g/mol. The van der Waals surface area contributed by atoms with Crippen LogP contribution in [0.25, 0.3) is 10.9 Å². The van der Waals surface area contributed by atoms with E-state index in [4.69, 9.17) is 5.73 Å². The first kappa shape index (κ1) is 50.5. The molecule has 0 bridgehead atoms. The lowest BCUT2D eigenvalue weighted by Gasteiger charge is -2.28. The lowest BCUT2D eigenvalue weighted by atomic mass is 10.0. The van der Waals surface area contributed by atoms with E-state index >= 15 is 0 Å². The van der Waals surface area contributed by atoms with Gasteiger partial charge in [-0.1, -0.05) is 76.2 Å². The molecule has 0 unspecified atom stereocenters. The number of nitrogens with zero attached hydrogens (tertiary/aromatic N) is 1. The molecule has 0 saturated carbocycles. The van der Waals surface area contributed by atoms with E-state index in [1.807, 2.05) is 0 Å². The number of imidazole rings is 1. The molecule has 0 saturated heterocycles. The first-order valence-electron chi connectivity index (χ1n) is 21.0. The Morgan fingerprint density at radius 2 is 1.15 bits per heavy atom. The number of hydrogen-bond acceptors (Lipinski definition) is 11. The third-order valence-corrected chi connectivity index (χ3v) is 10.6. The highest BCUT2D eigenvalue weighted by atomic mass is 16.4. The van der Waals surface area contributed by atoms with Crippen LogP contribution in [0.4, 0.5) is 0 Å². The molecule has 8 atom stereocenters. The number of carbonyl (C=O) groups is 8. The second-order valence-corrected chi connectivity index (χ2v) is 16.4. The summed E-state index contributed by atoms with van der Waals surface area (Å²) < 4.78 is 0. The summed E-state index contributed by atoms with van der Waals surface area (Å²) in [5.41, 5.74) is 8.39. The van der Waals surface area contributed by atoms with Crippen LogP contribution in [0.2, 0.25) is 0 Å². The van der Waals surface area contributed by atoms with Crippen LogP contribution in [0.1, 0.15) is 57.9 Å². The van der Waals surface area contributed by atoms with Crippen molar-refractivity contribution in [3.05, 3.63) is 90.1 Å². The molecular weight excluding hydrogens is 845 g/mol. The van der Waals surface area contributed by atoms with Gasteiger partial charge in [0.15, 0.2) is 0 Å². The largest absolute Gasteiger partial charge is 0.481 e. The maximum absolute atomic E-state index is 14.0. The molecule has 13 N–H and O–H groups in total. The van der Waals surface area contributed by atoms with Crippen molar-refractivity contribution in [1.82, 2.24) is 46.9 Å². The third-order valence-electron chi connectivity index (χ3n) is 10.6. The van der Waals surface area contributed by atoms with E-state index in [-0.39, 0.29) is 25.2 Å². The number of para-hydroxylation sites is 1. The second-order valence-electron chi connectivity index (χ2n) is 16.4. The molecule has 350 valence electrons. The highest BCUT2D eigenvalue weighted by Gasteiger charge is 2.37. The van der Waals surface area contributed by atoms with E-state index in [0.717, 1.165) is 12.4 Å². The van der Waals surface area contributed by atoms with Crippen LogP contribution >= 0.6 is 0 Å². The first-order chi connectivity index (χ1) is 30.7. The summed E-state index contributed by atoms with van der Waals surface area (Å²) in [5.74, 6) is -9.36. The molecule has 21 nitrogen and oxygen atoms in total. The van der Waals surface area contributed by atoms with Gasteiger partial charge < -0.3 is 62.9 Å². The molecule has 2 aromatic heterocycles. The number of nitrogens with one attached hydrogen (secondary N) is 8. The summed E-state index contributed by atoms with van der Waals surface area (Å²) in [6, 6.07) is 5.61. The number of fused-ring (bicyclic) bond motifs is 1. The number of carboxylic acid groups (broad SMARTS) is 2. The summed E-state index contributed by atoms with van der Waals surface area (Å²) in [4.78, 5) is 116. The second kappa shape index (κ2) is 23.5. The molecule has 6 amide bonds. The van der Waals surface area contributed by atoms with E-state index in [1.165, 1.54) is 12.5 Å². The summed E-state index contributed by atoms with van der Waals surface area (Å²) >= 11 is 0. The van der Waals surface area contributed by atoms with Gasteiger partial charge in [-0.25, -0.2) is 9.78 Å². The Hall–Kier alpha value is -7.13. The van der Waals surface area contributed by atoms with Crippen molar-refractivity contribution in [1.29, 1.82) is 0 Å². The number of aliphatic hydroxyl groups is 1. The van der Waals surface area contributed by atoms with Gasteiger partial charge >= 0.3 is 11.9 Å². The van der Waals surface area contributed by atoms with Gasteiger partial charge in [0.1, 0.15) is 36.3 Å². The number of benzene rings is 2. The van der Waals surface area contributed by atoms with Crippen LogP contribution in [0.15, 0.2) is 73.3 Å². The van der Waals surface area contributed by atoms with Crippen LogP contribution < -0.4 is 37.6 Å². The zero-order valence-corrected chi connectivity index (χ0v) is 36.7. The van der Waals surface area contributed by atoms with Crippen molar-refractivity contribution in [2.45, 2.75) is 109 Å². The maximum atomic E-state index is 14.0. The number of hydrogen-bond donors (Lipinski definition) is 12. The fraction of sp³-hybridized carbons (Fsp3) is 0.432. The lowest BCUT2D eigenvalue weighted by Crippen LogP contribution is -2.62. The van der Waals surface area contributed by atoms with Crippen molar-refractivity contribution < 1.29 is 53.7 Å². The molecule has 0 spiro atoms. The number of H-pyrrole nitrogens is 2. The quantitative estimate of drug-likeness (QED) is 0.0419. The Morgan fingerprint density at radius 3 is 1.74 bits per heavy atom. The molecule has 21 heteroatoms. The summed E-state index contributed by atoms with van der Waals surface area (Å²) in [5, 5.41) is 45.9. The summed E-state index contributed by atoms with van der Waals surface area (Å²) in [7, 11) is 0. The minimum absolute atomic E-state index is 0.00334. The molecule has 0 aliphatic carbocycles. The average Bonchev–Trinajstić information content (AvgIpc) is 3.93. The van der Waals surface area contributed by atoms with Gasteiger partial charge in [0.25, 0.3) is 0 Å². The summed E-state index contributed by atoms with van der Waals surface area (Å²) in [6.45, 7) is 7.78. The highest BCUT2D eigenvalue weighted by Crippen LogP contribution is 2.20. The molecule has 0 aliphatic heterocycles. The van der Waals surface area contributed by atoms with Crippen molar-refractivity contribution in [2.75, 3.05) is 0 Å². The van der Waals surface area contributed by atoms with Gasteiger partial charge in [-0.3, -0.25) is 33.6 Å². The number of aliphatic carboxylic acids is 2. The molecule has 4 aromatic rings. The SMILES string of the molecule is CC(C)[C@H](N)C(=O)N[C@@H](Cc1ccccc1)C(=O)N[C@@H](Cc1cnc[nH]1)C(=O)N[C@@H](CC(=O)O)C(=O)N[C@H](C(=O)N[C@@H](Cc1c[nH]c2ccccc12)C(=O)N[C@H](C(=O)O)C(C)C)[C@@H](C)O. The Balaban J connectivity index is 1.58. The van der Waals surface area contributed by atoms with Crippen LogP contribution in [-0.2, 0) is 57.6 Å². The van der Waals surface area contributed by atoms with Crippen molar-refractivity contribution in [3.8, 4) is 0 Å². The fourth-order valence-electron chi connectivity index (χ4n) is 6.80. The molecule has 0 fully saturated rings. The molecule has 4 rings (SSSR count). The van der Waals surface area contributed by atoms with Crippen LogP contribution in [-0.4, -0.2) is 126 Å². The van der Waals surface area contributed by atoms with E-state index in [1.54, 1.807) is 88.5 Å². The fourth-order valence-corrected chi connectivity index (χ4v) is 6.80.